The number of aliphatic hydroxyl groups excluding tert-OH is 1. The highest BCUT2D eigenvalue weighted by atomic mass is 16.8. The first-order valence-corrected chi connectivity index (χ1v) is 13.2. The van der Waals surface area contributed by atoms with Crippen LogP contribution in [0.1, 0.15) is 85.5 Å². The zero-order chi connectivity index (χ0) is 22.7. The molecule has 2 heterocycles. The second kappa shape index (κ2) is 6.60. The topological polar surface area (TPSA) is 79.2 Å². The van der Waals surface area contributed by atoms with Crippen LogP contribution in [0, 0.1) is 40.4 Å². The van der Waals surface area contributed by atoms with Crippen LogP contribution in [-0.4, -0.2) is 45.2 Å². The van der Waals surface area contributed by atoms with E-state index in [1.54, 1.807) is 0 Å². The van der Waals surface area contributed by atoms with Crippen LogP contribution in [0.15, 0.2) is 11.6 Å². The molecule has 32 heavy (non-hydrogen) atoms. The predicted molar refractivity (Wildman–Crippen MR) is 120 cm³/mol. The van der Waals surface area contributed by atoms with Crippen LogP contribution < -0.4 is 0 Å². The zero-order valence-electron chi connectivity index (χ0n) is 20.3. The van der Waals surface area contributed by atoms with Crippen molar-refractivity contribution in [2.45, 2.75) is 109 Å². The molecule has 6 rings (SSSR count). The highest BCUT2D eigenvalue weighted by Crippen LogP contribution is 2.74. The third-order valence-corrected chi connectivity index (χ3v) is 11.7. The van der Waals surface area contributed by atoms with Gasteiger partial charge in [-0.25, -0.2) is 0 Å². The van der Waals surface area contributed by atoms with E-state index >= 15 is 0 Å². The number of allylic oxidation sites excluding steroid dienone is 1. The Morgan fingerprint density at radius 3 is 2.50 bits per heavy atom. The molecule has 180 valence electrons. The Morgan fingerprint density at radius 2 is 1.78 bits per heavy atom. The molecule has 5 heteroatoms. The molecule has 3 N–H and O–H groups in total. The first-order chi connectivity index (χ1) is 15.0. The normalized spacial score (nSPS) is 61.5. The SMILES string of the molecule is C[C@H]1CC[C@@]2(OC1)O[C@@]1(O)C[C@@H]3[C@@H]4CC=C5C[C@@H](O)CC[C@]5(C)[C@@H]4CC[C@]3(C)[C@@]1(O)[C@@H]2C. The van der Waals surface area contributed by atoms with E-state index < -0.39 is 22.6 Å². The lowest BCUT2D eigenvalue weighted by Crippen LogP contribution is -2.61. The van der Waals surface area contributed by atoms with Gasteiger partial charge in [-0.1, -0.05) is 39.3 Å². The lowest BCUT2D eigenvalue weighted by atomic mass is 9.46. The summed E-state index contributed by atoms with van der Waals surface area (Å²) < 4.78 is 12.8. The molecule has 0 aromatic carbocycles. The average Bonchev–Trinajstić information content (AvgIpc) is 3.04. The van der Waals surface area contributed by atoms with Gasteiger partial charge in [0.05, 0.1) is 12.7 Å². The van der Waals surface area contributed by atoms with Crippen molar-refractivity contribution < 1.29 is 24.8 Å². The summed E-state index contributed by atoms with van der Waals surface area (Å²) in [6, 6.07) is 0. The summed E-state index contributed by atoms with van der Waals surface area (Å²) in [5, 5.41) is 34.6. The van der Waals surface area contributed by atoms with Crippen molar-refractivity contribution >= 4 is 0 Å². The molecule has 0 bridgehead atoms. The Morgan fingerprint density at radius 1 is 1.00 bits per heavy atom. The molecule has 0 aromatic heterocycles. The third-order valence-electron chi connectivity index (χ3n) is 11.7. The van der Waals surface area contributed by atoms with E-state index in [9.17, 15) is 15.3 Å². The zero-order valence-corrected chi connectivity index (χ0v) is 20.3. The van der Waals surface area contributed by atoms with Gasteiger partial charge in [0, 0.05) is 24.2 Å². The maximum atomic E-state index is 12.4. The molecule has 0 unspecified atom stereocenters. The van der Waals surface area contributed by atoms with Crippen molar-refractivity contribution in [2.24, 2.45) is 40.4 Å². The molecule has 4 aliphatic carbocycles. The van der Waals surface area contributed by atoms with Crippen molar-refractivity contribution in [3.63, 3.8) is 0 Å². The fraction of sp³-hybridized carbons (Fsp3) is 0.926. The van der Waals surface area contributed by atoms with E-state index in [4.69, 9.17) is 9.47 Å². The number of fused-ring (bicyclic) bond motifs is 7. The van der Waals surface area contributed by atoms with E-state index in [0.717, 1.165) is 51.4 Å². The summed E-state index contributed by atoms with van der Waals surface area (Å²) in [5.41, 5.74) is -0.106. The summed E-state index contributed by atoms with van der Waals surface area (Å²) in [5.74, 6) is -0.987. The lowest BCUT2D eigenvalue weighted by Gasteiger charge is -2.59. The highest BCUT2D eigenvalue weighted by molar-refractivity contribution is 5.30. The van der Waals surface area contributed by atoms with Gasteiger partial charge in [-0.15, -0.1) is 0 Å². The quantitative estimate of drug-likeness (QED) is 0.487. The minimum Gasteiger partial charge on any atom is -0.393 e. The summed E-state index contributed by atoms with van der Waals surface area (Å²) in [4.78, 5) is 0. The van der Waals surface area contributed by atoms with Gasteiger partial charge in [0.2, 0.25) is 0 Å². The fourth-order valence-electron chi connectivity index (χ4n) is 9.66. The lowest BCUT2D eigenvalue weighted by molar-refractivity contribution is -0.338. The van der Waals surface area contributed by atoms with Gasteiger partial charge >= 0.3 is 0 Å². The Hall–Kier alpha value is -0.460. The molecular weight excluding hydrogens is 404 g/mol. The van der Waals surface area contributed by atoms with Gasteiger partial charge in [0.1, 0.15) is 5.60 Å². The average molecular weight is 447 g/mol. The first kappa shape index (κ1) is 22.0. The van der Waals surface area contributed by atoms with Crippen LogP contribution in [-0.2, 0) is 9.47 Å². The van der Waals surface area contributed by atoms with E-state index in [-0.39, 0.29) is 23.4 Å². The Labute approximate surface area is 192 Å². The monoisotopic (exact) mass is 446 g/mol. The minimum atomic E-state index is -1.55. The van der Waals surface area contributed by atoms with E-state index in [2.05, 4.69) is 33.8 Å². The Bertz CT molecular complexity index is 832. The molecule has 6 aliphatic rings. The summed E-state index contributed by atoms with van der Waals surface area (Å²) in [6.07, 6.45) is 10.1. The third kappa shape index (κ3) is 2.43. The fourth-order valence-corrected chi connectivity index (χ4v) is 9.66. The van der Waals surface area contributed by atoms with E-state index in [1.165, 1.54) is 5.57 Å². The Kier molecular flexibility index (Phi) is 4.54. The van der Waals surface area contributed by atoms with E-state index in [0.29, 0.717) is 30.8 Å². The predicted octanol–water partition coefficient (Wildman–Crippen LogP) is 4.15. The molecule has 2 saturated heterocycles. The summed E-state index contributed by atoms with van der Waals surface area (Å²) in [6.45, 7) is 9.50. The minimum absolute atomic E-state index is 0.142. The molecule has 5 nitrogen and oxygen atoms in total. The van der Waals surface area contributed by atoms with Gasteiger partial charge in [-0.3, -0.25) is 0 Å². The second-order valence-electron chi connectivity index (χ2n) is 13.0. The molecule has 0 aromatic rings. The smallest absolute Gasteiger partial charge is 0.199 e. The van der Waals surface area contributed by atoms with Crippen LogP contribution in [0.3, 0.4) is 0 Å². The van der Waals surface area contributed by atoms with Crippen molar-refractivity contribution in [1.82, 2.24) is 0 Å². The Balaban J connectivity index is 1.36. The van der Waals surface area contributed by atoms with Gasteiger partial charge in [0.15, 0.2) is 11.6 Å². The van der Waals surface area contributed by atoms with Crippen molar-refractivity contribution in [3.8, 4) is 0 Å². The second-order valence-corrected chi connectivity index (χ2v) is 13.0. The maximum absolute atomic E-state index is 12.4. The largest absolute Gasteiger partial charge is 0.393 e. The van der Waals surface area contributed by atoms with Gasteiger partial charge < -0.3 is 24.8 Å². The van der Waals surface area contributed by atoms with Crippen LogP contribution in [0.2, 0.25) is 0 Å². The van der Waals surface area contributed by atoms with Crippen LogP contribution in [0.25, 0.3) is 0 Å². The maximum Gasteiger partial charge on any atom is 0.199 e. The molecule has 11 atom stereocenters. The van der Waals surface area contributed by atoms with Crippen LogP contribution >= 0.6 is 0 Å². The highest BCUT2D eigenvalue weighted by Gasteiger charge is 2.82. The number of rotatable bonds is 0. The number of aliphatic hydroxyl groups is 3. The van der Waals surface area contributed by atoms with Crippen LogP contribution in [0.4, 0.5) is 0 Å². The number of hydrogen-bond acceptors (Lipinski definition) is 5. The van der Waals surface area contributed by atoms with Crippen molar-refractivity contribution in [3.05, 3.63) is 11.6 Å². The molecule has 2 aliphatic heterocycles. The molecule has 0 amide bonds. The molecule has 5 fully saturated rings. The van der Waals surface area contributed by atoms with Gasteiger partial charge in [0.25, 0.3) is 0 Å². The van der Waals surface area contributed by atoms with Crippen molar-refractivity contribution in [1.29, 1.82) is 0 Å². The summed E-state index contributed by atoms with van der Waals surface area (Å²) in [7, 11) is 0. The van der Waals surface area contributed by atoms with Gasteiger partial charge in [-0.05, 0) is 74.0 Å². The summed E-state index contributed by atoms with van der Waals surface area (Å²) >= 11 is 0. The first-order valence-electron chi connectivity index (χ1n) is 13.2. The van der Waals surface area contributed by atoms with Crippen LogP contribution in [0.5, 0.6) is 0 Å². The van der Waals surface area contributed by atoms with Crippen molar-refractivity contribution in [2.75, 3.05) is 6.61 Å². The van der Waals surface area contributed by atoms with Gasteiger partial charge in [-0.2, -0.15) is 0 Å². The molecule has 1 spiro atoms. The van der Waals surface area contributed by atoms with E-state index in [1.807, 2.05) is 0 Å². The number of ether oxygens (including phenoxy) is 2. The molecule has 0 radical (unpaired) electrons. The molecular formula is C27H42O5. The molecule has 3 saturated carbocycles. The number of hydrogen-bond donors (Lipinski definition) is 3. The standard InChI is InChI=1S/C27H42O5/c1-16-7-12-25(31-15-16)17(2)27(30)24(4)11-9-21-20(22(24)14-26(27,29)32-25)6-5-18-13-19(28)8-10-23(18,21)3/h5,16-17,19-22,28-30H,6-15H2,1-4H3/t16-,17+,19-,20+,21+,22+,23-,24-,25+,26-,27-/m0/s1.